The van der Waals surface area contributed by atoms with Crippen LogP contribution < -0.4 is 0 Å². The van der Waals surface area contributed by atoms with Crippen molar-refractivity contribution >= 4 is 17.5 Å². The summed E-state index contributed by atoms with van der Waals surface area (Å²) in [6, 6.07) is 0. The van der Waals surface area contributed by atoms with Gasteiger partial charge in [-0.25, -0.2) is 0 Å². The molecule has 0 bridgehead atoms. The minimum Gasteiger partial charge on any atom is -0.462 e. The number of Topliss-reactive ketones (excluding diaryl/α,β-unsaturated/α-hetero) is 2. The summed E-state index contributed by atoms with van der Waals surface area (Å²) >= 11 is 0. The molecule has 0 N–H and O–H groups in total. The van der Waals surface area contributed by atoms with Gasteiger partial charge in [0, 0.05) is 30.6 Å². The standard InChI is InChI=1S/C23H32O4/c1-12(24)27-16-7-6-13-17-14(8-10-21(13,16)4)22(5)11-9-15(25)23(22)19(18(17)26)20(23,2)3/h13-14,16-17,19H,6-11H2,1-5H3. The van der Waals surface area contributed by atoms with E-state index in [2.05, 4.69) is 27.7 Å². The lowest BCUT2D eigenvalue weighted by molar-refractivity contribution is -0.165. The summed E-state index contributed by atoms with van der Waals surface area (Å²) in [5.74, 6) is 1.04. The topological polar surface area (TPSA) is 60.4 Å². The van der Waals surface area contributed by atoms with E-state index in [1.165, 1.54) is 6.92 Å². The highest BCUT2D eigenvalue weighted by molar-refractivity contribution is 6.04. The third-order valence-corrected chi connectivity index (χ3v) is 10.2. The van der Waals surface area contributed by atoms with Crippen LogP contribution in [0.25, 0.3) is 0 Å². The first kappa shape index (κ1) is 17.9. The number of carbonyl (C=O) groups is 3. The Labute approximate surface area is 161 Å². The monoisotopic (exact) mass is 372 g/mol. The molecule has 0 saturated heterocycles. The molecule has 0 radical (unpaired) electrons. The predicted molar refractivity (Wildman–Crippen MR) is 99.7 cm³/mol. The van der Waals surface area contributed by atoms with Crippen LogP contribution in [0.3, 0.4) is 0 Å². The Bertz CT molecular complexity index is 768. The molecule has 0 aromatic carbocycles. The first-order chi connectivity index (χ1) is 12.5. The maximum absolute atomic E-state index is 13.8. The molecule has 5 aliphatic rings. The quantitative estimate of drug-likeness (QED) is 0.654. The van der Waals surface area contributed by atoms with Crippen molar-refractivity contribution in [3.63, 3.8) is 0 Å². The second-order valence-electron chi connectivity index (χ2n) is 11.2. The molecule has 5 rings (SSSR count). The van der Waals surface area contributed by atoms with Gasteiger partial charge in [0.1, 0.15) is 17.7 Å². The third kappa shape index (κ3) is 1.67. The molecule has 4 heteroatoms. The van der Waals surface area contributed by atoms with Crippen molar-refractivity contribution in [2.24, 2.45) is 45.3 Å². The van der Waals surface area contributed by atoms with E-state index < -0.39 is 5.41 Å². The summed E-state index contributed by atoms with van der Waals surface area (Å²) in [5, 5.41) is 0. The molecule has 148 valence electrons. The van der Waals surface area contributed by atoms with Crippen LogP contribution in [0.1, 0.15) is 73.1 Å². The molecule has 5 fully saturated rings. The minimum atomic E-state index is -0.403. The fourth-order valence-corrected chi connectivity index (χ4v) is 9.27. The molecule has 4 nitrogen and oxygen atoms in total. The van der Waals surface area contributed by atoms with E-state index in [9.17, 15) is 14.4 Å². The number of hydrogen-bond acceptors (Lipinski definition) is 4. The van der Waals surface area contributed by atoms with E-state index in [1.54, 1.807) is 0 Å². The molecule has 5 aliphatic carbocycles. The normalized spacial score (nSPS) is 54.6. The van der Waals surface area contributed by atoms with E-state index >= 15 is 0 Å². The number of rotatable bonds is 1. The summed E-state index contributed by atoms with van der Waals surface area (Å²) < 4.78 is 5.70. The molecule has 1 spiro atoms. The lowest BCUT2D eigenvalue weighted by atomic mass is 9.47. The van der Waals surface area contributed by atoms with Gasteiger partial charge in [-0.3, -0.25) is 14.4 Å². The number of carbonyl (C=O) groups excluding carboxylic acids is 3. The van der Waals surface area contributed by atoms with Crippen LogP contribution in [0.4, 0.5) is 0 Å². The first-order valence-electron chi connectivity index (χ1n) is 10.8. The summed E-state index contributed by atoms with van der Waals surface area (Å²) in [7, 11) is 0. The van der Waals surface area contributed by atoms with Crippen molar-refractivity contribution in [1.29, 1.82) is 0 Å². The van der Waals surface area contributed by atoms with Crippen LogP contribution in [0.2, 0.25) is 0 Å². The van der Waals surface area contributed by atoms with Gasteiger partial charge in [0.2, 0.25) is 0 Å². The maximum atomic E-state index is 13.8. The first-order valence-corrected chi connectivity index (χ1v) is 10.8. The van der Waals surface area contributed by atoms with Gasteiger partial charge >= 0.3 is 5.97 Å². The van der Waals surface area contributed by atoms with Gasteiger partial charge in [0.15, 0.2) is 0 Å². The zero-order valence-corrected chi connectivity index (χ0v) is 17.3. The summed E-state index contributed by atoms with van der Waals surface area (Å²) in [5.41, 5.74) is -0.744. The number of fused-ring (bicyclic) bond motifs is 4. The number of hydrogen-bond donors (Lipinski definition) is 0. The van der Waals surface area contributed by atoms with Gasteiger partial charge < -0.3 is 4.74 Å². The van der Waals surface area contributed by atoms with Gasteiger partial charge in [-0.2, -0.15) is 0 Å². The fraction of sp³-hybridized carbons (Fsp3) is 0.870. The molecular weight excluding hydrogens is 340 g/mol. The fourth-order valence-electron chi connectivity index (χ4n) is 9.27. The summed E-state index contributed by atoms with van der Waals surface area (Å²) in [6.45, 7) is 10.4. The highest BCUT2D eigenvalue weighted by atomic mass is 16.5. The number of ether oxygens (including phenoxy) is 1. The SMILES string of the molecule is CC(=O)OC1CCC2C3C(=O)C4C(C)(C)C45C(=O)CCC5(C)C3CCC12C. The maximum Gasteiger partial charge on any atom is 0.302 e. The molecule has 8 unspecified atom stereocenters. The van der Waals surface area contributed by atoms with Gasteiger partial charge in [-0.15, -0.1) is 0 Å². The highest BCUT2D eigenvalue weighted by Gasteiger charge is 2.89. The van der Waals surface area contributed by atoms with Gasteiger partial charge in [-0.05, 0) is 54.8 Å². The Morgan fingerprint density at radius 2 is 1.70 bits per heavy atom. The van der Waals surface area contributed by atoms with Crippen molar-refractivity contribution in [2.75, 3.05) is 0 Å². The minimum absolute atomic E-state index is 0.0418. The lowest BCUT2D eigenvalue weighted by Crippen LogP contribution is -2.56. The smallest absolute Gasteiger partial charge is 0.302 e. The average Bonchev–Trinajstić information content (AvgIpc) is 2.79. The molecule has 0 amide bonds. The molecule has 0 heterocycles. The van der Waals surface area contributed by atoms with Crippen LogP contribution in [0.5, 0.6) is 0 Å². The van der Waals surface area contributed by atoms with Crippen LogP contribution in [0, 0.1) is 45.3 Å². The van der Waals surface area contributed by atoms with Crippen LogP contribution in [0.15, 0.2) is 0 Å². The third-order valence-electron chi connectivity index (χ3n) is 10.2. The van der Waals surface area contributed by atoms with Crippen molar-refractivity contribution in [1.82, 2.24) is 0 Å². The Hall–Kier alpha value is -1.19. The van der Waals surface area contributed by atoms with E-state index in [0.29, 0.717) is 23.9 Å². The van der Waals surface area contributed by atoms with Crippen molar-refractivity contribution in [3.05, 3.63) is 0 Å². The van der Waals surface area contributed by atoms with Gasteiger partial charge in [0.05, 0.1) is 5.41 Å². The highest BCUT2D eigenvalue weighted by Crippen LogP contribution is 2.86. The Kier molecular flexibility index (Phi) is 3.22. The number of ketones is 2. The predicted octanol–water partition coefficient (Wildman–Crippen LogP) is 3.95. The van der Waals surface area contributed by atoms with Crippen LogP contribution >= 0.6 is 0 Å². The second-order valence-corrected chi connectivity index (χ2v) is 11.2. The van der Waals surface area contributed by atoms with Gasteiger partial charge in [0.25, 0.3) is 0 Å². The molecule has 0 aliphatic heterocycles. The van der Waals surface area contributed by atoms with E-state index in [4.69, 9.17) is 4.74 Å². The number of esters is 1. The molecule has 0 aromatic rings. The molecule has 8 atom stereocenters. The Balaban J connectivity index is 1.58. The van der Waals surface area contributed by atoms with Crippen molar-refractivity contribution < 1.29 is 19.1 Å². The summed E-state index contributed by atoms with van der Waals surface area (Å²) in [6.07, 6.45) is 5.33. The molecule has 5 saturated carbocycles. The molecular formula is C23H32O4. The largest absolute Gasteiger partial charge is 0.462 e. The molecule has 0 aromatic heterocycles. The molecule has 27 heavy (non-hydrogen) atoms. The summed E-state index contributed by atoms with van der Waals surface area (Å²) in [4.78, 5) is 38.5. The van der Waals surface area contributed by atoms with Crippen LogP contribution in [-0.4, -0.2) is 23.6 Å². The van der Waals surface area contributed by atoms with E-state index in [1.807, 2.05) is 0 Å². The Morgan fingerprint density at radius 3 is 2.37 bits per heavy atom. The van der Waals surface area contributed by atoms with Crippen molar-refractivity contribution in [2.45, 2.75) is 79.2 Å². The van der Waals surface area contributed by atoms with Crippen molar-refractivity contribution in [3.8, 4) is 0 Å². The zero-order valence-electron chi connectivity index (χ0n) is 17.3. The van der Waals surface area contributed by atoms with E-state index in [0.717, 1.165) is 32.1 Å². The average molecular weight is 373 g/mol. The second kappa shape index (κ2) is 4.86. The van der Waals surface area contributed by atoms with E-state index in [-0.39, 0.29) is 46.1 Å². The zero-order chi connectivity index (χ0) is 19.6. The Morgan fingerprint density at radius 1 is 1.00 bits per heavy atom. The van der Waals surface area contributed by atoms with Gasteiger partial charge in [-0.1, -0.05) is 27.7 Å². The van der Waals surface area contributed by atoms with Crippen LogP contribution in [-0.2, 0) is 19.1 Å². The lowest BCUT2D eigenvalue weighted by Gasteiger charge is -2.56.